The summed E-state index contributed by atoms with van der Waals surface area (Å²) in [5, 5.41) is 17.5. The quantitative estimate of drug-likeness (QED) is 0.749. The van der Waals surface area contributed by atoms with E-state index in [0.29, 0.717) is 5.92 Å². The highest BCUT2D eigenvalue weighted by Gasteiger charge is 2.12. The van der Waals surface area contributed by atoms with Crippen LogP contribution in [0.4, 0.5) is 0 Å². The lowest BCUT2D eigenvalue weighted by molar-refractivity contribution is 0.618. The van der Waals surface area contributed by atoms with Gasteiger partial charge >= 0.3 is 0 Å². The van der Waals surface area contributed by atoms with E-state index >= 15 is 0 Å². The first-order chi connectivity index (χ1) is 7.26. The van der Waals surface area contributed by atoms with E-state index in [2.05, 4.69) is 23.8 Å². The molecule has 0 spiro atoms. The van der Waals surface area contributed by atoms with Crippen molar-refractivity contribution in [3.05, 3.63) is 23.3 Å². The van der Waals surface area contributed by atoms with Gasteiger partial charge in [0.25, 0.3) is 0 Å². The monoisotopic (exact) mass is 200 g/mol. The van der Waals surface area contributed by atoms with Crippen LogP contribution in [0.2, 0.25) is 0 Å². The Bertz CT molecular complexity index is 421. The largest absolute Gasteiger partial charge is 0.241 e. The molecule has 0 amide bonds. The zero-order valence-corrected chi connectivity index (χ0v) is 8.86. The molecule has 0 aromatic carbocycles. The lowest BCUT2D eigenvalue weighted by Gasteiger charge is -2.10. The highest BCUT2D eigenvalue weighted by Crippen LogP contribution is 2.20. The van der Waals surface area contributed by atoms with Crippen molar-refractivity contribution in [2.45, 2.75) is 32.6 Å². The fourth-order valence-corrected chi connectivity index (χ4v) is 1.47. The Hall–Kier alpha value is -1.94. The van der Waals surface area contributed by atoms with Crippen LogP contribution in [0, 0.1) is 22.7 Å². The predicted octanol–water partition coefficient (Wildman–Crippen LogP) is 2.12. The van der Waals surface area contributed by atoms with Crippen LogP contribution in [0.3, 0.4) is 0 Å². The second-order valence-electron chi connectivity index (χ2n) is 3.23. The molecule has 0 atom stereocenters. The van der Waals surface area contributed by atoms with Crippen molar-refractivity contribution in [2.24, 2.45) is 0 Å². The molecule has 4 nitrogen and oxygen atoms in total. The molecule has 4 heteroatoms. The molecule has 0 aliphatic rings. The van der Waals surface area contributed by atoms with Crippen molar-refractivity contribution in [2.75, 3.05) is 0 Å². The minimum Gasteiger partial charge on any atom is -0.241 e. The number of nitriles is 2. The maximum absolute atomic E-state index is 8.80. The van der Waals surface area contributed by atoms with Gasteiger partial charge in [0.2, 0.25) is 0 Å². The van der Waals surface area contributed by atoms with Gasteiger partial charge in [0, 0.05) is 5.92 Å². The van der Waals surface area contributed by atoms with Crippen molar-refractivity contribution < 1.29 is 0 Å². The summed E-state index contributed by atoms with van der Waals surface area (Å²) < 4.78 is 0. The fourth-order valence-electron chi connectivity index (χ4n) is 1.47. The summed E-state index contributed by atoms with van der Waals surface area (Å²) in [6, 6.07) is 3.75. The van der Waals surface area contributed by atoms with E-state index in [4.69, 9.17) is 10.5 Å². The lowest BCUT2D eigenvalue weighted by Crippen LogP contribution is -2.04. The first-order valence-corrected chi connectivity index (χ1v) is 4.93. The third kappa shape index (κ3) is 2.30. The number of nitrogens with zero attached hydrogens (tertiary/aromatic N) is 4. The van der Waals surface area contributed by atoms with Crippen LogP contribution in [0.5, 0.6) is 0 Å². The molecule has 76 valence electrons. The van der Waals surface area contributed by atoms with Crippen LogP contribution in [0.25, 0.3) is 0 Å². The van der Waals surface area contributed by atoms with Gasteiger partial charge in [0.05, 0.1) is 11.9 Å². The molecule has 1 heterocycles. The highest BCUT2D eigenvalue weighted by atomic mass is 14.8. The minimum absolute atomic E-state index is 0.104. The van der Waals surface area contributed by atoms with Crippen LogP contribution >= 0.6 is 0 Å². The molecule has 0 bridgehead atoms. The number of aromatic nitrogens is 2. The summed E-state index contributed by atoms with van der Waals surface area (Å²) in [5.41, 5.74) is 1.03. The summed E-state index contributed by atoms with van der Waals surface area (Å²) in [6.45, 7) is 4.14. The Labute approximate surface area is 89.2 Å². The average Bonchev–Trinajstić information content (AvgIpc) is 2.30. The predicted molar refractivity (Wildman–Crippen MR) is 54.8 cm³/mol. The lowest BCUT2D eigenvalue weighted by atomic mass is 10.00. The Balaban J connectivity index is 3.15. The molecule has 0 aliphatic carbocycles. The topological polar surface area (TPSA) is 73.4 Å². The number of rotatable bonds is 3. The first-order valence-electron chi connectivity index (χ1n) is 4.93. The Morgan fingerprint density at radius 1 is 1.20 bits per heavy atom. The summed E-state index contributed by atoms with van der Waals surface area (Å²) >= 11 is 0. The van der Waals surface area contributed by atoms with Gasteiger partial charge in [-0.2, -0.15) is 10.5 Å². The van der Waals surface area contributed by atoms with Gasteiger partial charge < -0.3 is 0 Å². The molecule has 0 saturated carbocycles. The second kappa shape index (κ2) is 5.07. The van der Waals surface area contributed by atoms with Gasteiger partial charge in [-0.05, 0) is 12.8 Å². The van der Waals surface area contributed by atoms with Crippen molar-refractivity contribution in [1.29, 1.82) is 10.5 Å². The van der Waals surface area contributed by atoms with Crippen molar-refractivity contribution >= 4 is 0 Å². The van der Waals surface area contributed by atoms with Gasteiger partial charge in [0.1, 0.15) is 12.1 Å². The van der Waals surface area contributed by atoms with E-state index in [-0.39, 0.29) is 11.4 Å². The fraction of sp³-hybridized carbons (Fsp3) is 0.455. The van der Waals surface area contributed by atoms with Crippen LogP contribution in [0.1, 0.15) is 49.7 Å². The zero-order chi connectivity index (χ0) is 11.3. The van der Waals surface area contributed by atoms with Crippen molar-refractivity contribution in [1.82, 2.24) is 9.97 Å². The molecule has 1 aromatic heterocycles. The van der Waals surface area contributed by atoms with Gasteiger partial charge in [-0.3, -0.25) is 0 Å². The normalized spacial score (nSPS) is 9.67. The maximum atomic E-state index is 8.80. The summed E-state index contributed by atoms with van der Waals surface area (Å²) in [4.78, 5) is 8.10. The molecule has 0 fully saturated rings. The summed E-state index contributed by atoms with van der Waals surface area (Å²) in [7, 11) is 0. The second-order valence-corrected chi connectivity index (χ2v) is 3.23. The van der Waals surface area contributed by atoms with E-state index in [0.717, 1.165) is 18.5 Å². The van der Waals surface area contributed by atoms with Crippen molar-refractivity contribution in [3.63, 3.8) is 0 Å². The molecule has 15 heavy (non-hydrogen) atoms. The molecule has 0 unspecified atom stereocenters. The van der Waals surface area contributed by atoms with Gasteiger partial charge in [-0.25, -0.2) is 9.97 Å². The van der Waals surface area contributed by atoms with Gasteiger partial charge in [-0.15, -0.1) is 0 Å². The molecule has 1 rings (SSSR count). The number of hydrogen-bond donors (Lipinski definition) is 0. The highest BCUT2D eigenvalue weighted by molar-refractivity contribution is 5.35. The third-order valence-electron chi connectivity index (χ3n) is 2.41. The van der Waals surface area contributed by atoms with E-state index in [1.807, 2.05) is 12.1 Å². The summed E-state index contributed by atoms with van der Waals surface area (Å²) in [6.07, 6.45) is 3.51. The molecule has 1 aromatic rings. The minimum atomic E-state index is 0.104. The molecule has 0 saturated heterocycles. The first kappa shape index (κ1) is 11.1. The Kier molecular flexibility index (Phi) is 3.76. The van der Waals surface area contributed by atoms with E-state index in [9.17, 15) is 0 Å². The van der Waals surface area contributed by atoms with Gasteiger partial charge in [-0.1, -0.05) is 13.8 Å². The standard InChI is InChI=1S/C11H12N4/c1-3-8(4-2)11-7-14-9(5-12)10(6-13)15-11/h7-8H,3-4H2,1-2H3. The van der Waals surface area contributed by atoms with Crippen LogP contribution in [0.15, 0.2) is 6.20 Å². The zero-order valence-electron chi connectivity index (χ0n) is 8.86. The Morgan fingerprint density at radius 2 is 1.80 bits per heavy atom. The van der Waals surface area contributed by atoms with Crippen LogP contribution < -0.4 is 0 Å². The Morgan fingerprint density at radius 3 is 2.27 bits per heavy atom. The third-order valence-corrected chi connectivity index (χ3v) is 2.41. The summed E-state index contributed by atoms with van der Waals surface area (Å²) in [5.74, 6) is 0.317. The van der Waals surface area contributed by atoms with E-state index < -0.39 is 0 Å². The van der Waals surface area contributed by atoms with E-state index in [1.54, 1.807) is 6.20 Å². The molecule has 0 radical (unpaired) electrons. The van der Waals surface area contributed by atoms with E-state index in [1.165, 1.54) is 0 Å². The average molecular weight is 200 g/mol. The van der Waals surface area contributed by atoms with Gasteiger partial charge in [0.15, 0.2) is 11.4 Å². The maximum Gasteiger partial charge on any atom is 0.177 e. The molecule has 0 aliphatic heterocycles. The van der Waals surface area contributed by atoms with Crippen LogP contribution in [-0.4, -0.2) is 9.97 Å². The molecular weight excluding hydrogens is 188 g/mol. The molecule has 0 N–H and O–H groups in total. The molecular formula is C11H12N4. The number of hydrogen-bond acceptors (Lipinski definition) is 4. The van der Waals surface area contributed by atoms with Crippen LogP contribution in [-0.2, 0) is 0 Å². The SMILES string of the molecule is CCC(CC)c1cnc(C#N)c(C#N)n1. The van der Waals surface area contributed by atoms with Crippen molar-refractivity contribution in [3.8, 4) is 12.1 Å². The smallest absolute Gasteiger partial charge is 0.177 e.